The van der Waals surface area contributed by atoms with Crippen molar-refractivity contribution in [2.45, 2.75) is 108 Å². The van der Waals surface area contributed by atoms with Crippen molar-refractivity contribution in [2.24, 2.45) is 28.6 Å². The van der Waals surface area contributed by atoms with Gasteiger partial charge in [-0.15, -0.1) is 0 Å². The highest BCUT2D eigenvalue weighted by molar-refractivity contribution is 6.42. The predicted molar refractivity (Wildman–Crippen MR) is 191 cm³/mol. The molecule has 7 rings (SSSR count). The van der Waals surface area contributed by atoms with Gasteiger partial charge in [0.25, 0.3) is 5.91 Å². The normalized spacial score (nSPS) is 41.1. The van der Waals surface area contributed by atoms with Crippen molar-refractivity contribution < 1.29 is 43.9 Å². The Morgan fingerprint density at radius 3 is 2.65 bits per heavy atom. The number of hydrogen-bond donors (Lipinski definition) is 5. The number of nitrogens with one attached hydrogen (secondary N) is 1. The molecule has 52 heavy (non-hydrogen) atoms. The van der Waals surface area contributed by atoms with E-state index >= 15 is 4.39 Å². The molecule has 2 aromatic rings. The number of benzene rings is 1. The Morgan fingerprint density at radius 2 is 1.88 bits per heavy atom. The van der Waals surface area contributed by atoms with E-state index in [0.29, 0.717) is 78.3 Å². The molecule has 3 saturated carbocycles. The van der Waals surface area contributed by atoms with Crippen molar-refractivity contribution in [3.05, 3.63) is 52.3 Å². The Balaban J connectivity index is 0.887. The number of alkyl halides is 1. The lowest BCUT2D eigenvalue weighted by Crippen LogP contribution is -2.70. The number of halogens is 3. The highest BCUT2D eigenvalue weighted by Crippen LogP contribution is 2.70. The van der Waals surface area contributed by atoms with E-state index in [1.165, 1.54) is 18.5 Å². The van der Waals surface area contributed by atoms with E-state index in [1.54, 1.807) is 29.7 Å². The quantitative estimate of drug-likeness (QED) is 0.218. The Hall–Kier alpha value is -2.42. The van der Waals surface area contributed by atoms with E-state index in [1.807, 2.05) is 13.8 Å². The molecule has 1 unspecified atom stereocenters. The van der Waals surface area contributed by atoms with E-state index < -0.39 is 70.5 Å². The number of hydrogen-bond acceptors (Lipinski definition) is 9. The van der Waals surface area contributed by atoms with Gasteiger partial charge in [-0.3, -0.25) is 9.59 Å². The fraction of sp³-hybridized carbons (Fsp3) is 0.658. The highest BCUT2D eigenvalue weighted by Gasteiger charge is 2.75. The van der Waals surface area contributed by atoms with Crippen molar-refractivity contribution >= 4 is 45.9 Å². The van der Waals surface area contributed by atoms with Crippen LogP contribution in [0.2, 0.25) is 10.0 Å². The molecule has 1 aliphatic heterocycles. The van der Waals surface area contributed by atoms with Crippen LogP contribution in [0.5, 0.6) is 0 Å². The molecule has 0 bridgehead atoms. The van der Waals surface area contributed by atoms with Crippen LogP contribution in [0, 0.1) is 28.6 Å². The minimum absolute atomic E-state index is 0.0630. The van der Waals surface area contributed by atoms with Crippen LogP contribution in [0.3, 0.4) is 0 Å². The fourth-order valence-electron chi connectivity index (χ4n) is 10.4. The first kappa shape index (κ1) is 37.9. The summed E-state index contributed by atoms with van der Waals surface area (Å²) in [7, 11) is 0. The number of fused-ring (bicyclic) bond motifs is 6. The monoisotopic (exact) mass is 763 g/mol. The molecule has 0 radical (unpaired) electrons. The minimum atomic E-state index is -2.02. The third-order valence-electron chi connectivity index (χ3n) is 13.3. The number of carbonyl (C=O) groups is 2. The van der Waals surface area contributed by atoms with Crippen LogP contribution in [0.15, 0.2) is 42.3 Å². The summed E-state index contributed by atoms with van der Waals surface area (Å²) in [5, 5.41) is 48.7. The van der Waals surface area contributed by atoms with Crippen LogP contribution < -0.4 is 5.32 Å². The summed E-state index contributed by atoms with van der Waals surface area (Å²) in [5.74, 6) is -2.04. The maximum Gasteiger partial charge on any atom is 0.252 e. The number of allylic oxidation sites excluding steroid dienone is 4. The maximum absolute atomic E-state index is 17.4. The summed E-state index contributed by atoms with van der Waals surface area (Å²) >= 11 is 12.3. The van der Waals surface area contributed by atoms with Crippen LogP contribution in [-0.4, -0.2) is 97.1 Å². The van der Waals surface area contributed by atoms with Gasteiger partial charge in [0.15, 0.2) is 23.3 Å². The second-order valence-corrected chi connectivity index (χ2v) is 16.8. The maximum atomic E-state index is 17.4. The zero-order valence-electron chi connectivity index (χ0n) is 29.6. The van der Waals surface area contributed by atoms with Crippen LogP contribution in [0.25, 0.3) is 11.0 Å². The van der Waals surface area contributed by atoms with Gasteiger partial charge in [-0.25, -0.2) is 9.37 Å². The Bertz CT molecular complexity index is 1810. The number of aliphatic hydroxyl groups is 4. The van der Waals surface area contributed by atoms with Crippen LogP contribution >= 0.6 is 23.2 Å². The largest absolute Gasteiger partial charge is 0.390 e. The Kier molecular flexibility index (Phi) is 9.98. The molecular weight excluding hydrogens is 716 g/mol. The summed E-state index contributed by atoms with van der Waals surface area (Å²) in [4.78, 5) is 30.2. The lowest BCUT2D eigenvalue weighted by molar-refractivity contribution is -0.219. The van der Waals surface area contributed by atoms with Gasteiger partial charge in [0.1, 0.15) is 18.3 Å². The van der Waals surface area contributed by atoms with Gasteiger partial charge in [-0.1, -0.05) is 48.7 Å². The summed E-state index contributed by atoms with van der Waals surface area (Å²) in [5.41, 5.74) is -4.11. The molecule has 4 aliphatic carbocycles. The number of imidazole rings is 1. The lowest BCUT2D eigenvalue weighted by atomic mass is 9.44. The predicted octanol–water partition coefficient (Wildman–Crippen LogP) is 4.61. The molecule has 1 aromatic carbocycles. The molecule has 12 atom stereocenters. The average molecular weight is 765 g/mol. The number of carbonyl (C=O) groups excluding carboxylic acids is 2. The van der Waals surface area contributed by atoms with E-state index in [2.05, 4.69) is 10.3 Å². The van der Waals surface area contributed by atoms with Crippen molar-refractivity contribution in [2.75, 3.05) is 19.8 Å². The molecule has 14 heteroatoms. The molecule has 5 aliphatic rings. The van der Waals surface area contributed by atoms with E-state index in [0.717, 1.165) is 0 Å². The highest BCUT2D eigenvalue weighted by atomic mass is 35.5. The van der Waals surface area contributed by atoms with Gasteiger partial charge in [0.05, 0.1) is 40.1 Å². The number of amides is 1. The second-order valence-electron chi connectivity index (χ2n) is 16.0. The van der Waals surface area contributed by atoms with Crippen molar-refractivity contribution in [1.82, 2.24) is 14.9 Å². The zero-order chi connectivity index (χ0) is 37.4. The summed E-state index contributed by atoms with van der Waals surface area (Å²) < 4.78 is 30.8. The summed E-state index contributed by atoms with van der Waals surface area (Å²) in [6.07, 6.45) is 3.86. The molecule has 1 saturated heterocycles. The van der Waals surface area contributed by atoms with Crippen LogP contribution in [-0.2, 0) is 19.1 Å². The molecule has 1 amide bonds. The third-order valence-corrected chi connectivity index (χ3v) is 14.1. The molecule has 0 spiro atoms. The SMILES string of the molecule is C[C@@H]1CC2[C@@H]3CCC4=CC(=O)C=C[C@]4(C)[C@@]3(F)[C@@H](O)C[C@]2(C)[C@@]1(O)C(=O)NCCCCCOC[C@H]1O[C@@H](n2cnc3cc(Cl)c(Cl)cc32)[C@H](O)[C@@H]1O. The molecule has 4 fully saturated rings. The van der Waals surface area contributed by atoms with Gasteiger partial charge in [-0.05, 0) is 88.0 Å². The Morgan fingerprint density at radius 1 is 1.13 bits per heavy atom. The van der Waals surface area contributed by atoms with Gasteiger partial charge < -0.3 is 39.8 Å². The average Bonchev–Trinajstić information content (AvgIpc) is 3.69. The first-order valence-corrected chi connectivity index (χ1v) is 19.1. The van der Waals surface area contributed by atoms with Gasteiger partial charge >= 0.3 is 0 Å². The van der Waals surface area contributed by atoms with Gasteiger partial charge in [0, 0.05) is 29.9 Å². The number of ether oxygens (including phenoxy) is 2. The topological polar surface area (TPSA) is 163 Å². The molecular formula is C38H48Cl2FN3O8. The molecule has 2 heterocycles. The van der Waals surface area contributed by atoms with Crippen molar-refractivity contribution in [3.63, 3.8) is 0 Å². The summed E-state index contributed by atoms with van der Waals surface area (Å²) in [6.45, 7) is 6.17. The van der Waals surface area contributed by atoms with Crippen LogP contribution in [0.4, 0.5) is 4.39 Å². The van der Waals surface area contributed by atoms with Gasteiger partial charge in [-0.2, -0.15) is 0 Å². The third kappa shape index (κ3) is 5.62. The Labute approximate surface area is 312 Å². The first-order chi connectivity index (χ1) is 24.6. The fourth-order valence-corrected chi connectivity index (χ4v) is 10.7. The number of aromatic nitrogens is 2. The number of unbranched alkanes of at least 4 members (excludes halogenated alkanes) is 2. The van der Waals surface area contributed by atoms with Crippen molar-refractivity contribution in [3.8, 4) is 0 Å². The minimum Gasteiger partial charge on any atom is -0.390 e. The van der Waals surface area contributed by atoms with Crippen molar-refractivity contribution in [1.29, 1.82) is 0 Å². The van der Waals surface area contributed by atoms with E-state index in [4.69, 9.17) is 32.7 Å². The first-order valence-electron chi connectivity index (χ1n) is 18.3. The second kappa shape index (κ2) is 13.7. The lowest BCUT2D eigenvalue weighted by Gasteiger charge is -2.62. The zero-order valence-corrected chi connectivity index (χ0v) is 31.1. The molecule has 11 nitrogen and oxygen atoms in total. The molecule has 5 N–H and O–H groups in total. The van der Waals surface area contributed by atoms with E-state index in [9.17, 15) is 30.0 Å². The van der Waals surface area contributed by atoms with E-state index in [-0.39, 0.29) is 24.7 Å². The number of aliphatic hydroxyl groups excluding tert-OH is 3. The molecule has 284 valence electrons. The smallest absolute Gasteiger partial charge is 0.252 e. The standard InChI is InChI=1S/C38H48Cl2FN3O8/c1-20-13-24-23-8-7-21-14-22(45)9-10-35(21,2)37(23,41)30(46)17-36(24,3)38(20,50)34(49)42-11-5-4-6-12-51-18-29-31(47)32(48)33(52-29)44-19-43-27-15-25(39)26(40)16-28(27)44/h9-10,14-16,19-20,23-24,29-33,46-48,50H,4-8,11-13,17-18H2,1-3H3,(H,42,49)/t20-,23+,24?,29-,30+,31-,32-,33-,35+,36+,37+,38+/m1/s1. The number of rotatable bonds is 10. The molecule has 1 aromatic heterocycles. The summed E-state index contributed by atoms with van der Waals surface area (Å²) in [6, 6.07) is 3.25. The van der Waals surface area contributed by atoms with Crippen LogP contribution in [0.1, 0.15) is 71.9 Å². The number of nitrogens with zero attached hydrogens (tertiary/aromatic N) is 2. The van der Waals surface area contributed by atoms with Gasteiger partial charge in [0.2, 0.25) is 0 Å². The number of ketones is 1.